The lowest BCUT2D eigenvalue weighted by atomic mass is 9.97. The normalized spacial score (nSPS) is 26.7. The number of carbonyl (C=O) groups excluding carboxylic acids is 1. The van der Waals surface area contributed by atoms with E-state index in [9.17, 15) is 45.6 Å². The van der Waals surface area contributed by atoms with Crippen LogP contribution in [-0.2, 0) is 23.7 Å². The summed E-state index contributed by atoms with van der Waals surface area (Å²) in [6.45, 7) is 2.73. The van der Waals surface area contributed by atoms with Gasteiger partial charge in [0.05, 0.1) is 32.0 Å². The third-order valence-corrected chi connectivity index (χ3v) is 13.0. The van der Waals surface area contributed by atoms with E-state index in [1.165, 1.54) is 103 Å². The summed E-state index contributed by atoms with van der Waals surface area (Å²) in [5.41, 5.74) is 0. The molecule has 14 heteroatoms. The molecule has 2 fully saturated rings. The van der Waals surface area contributed by atoms with E-state index in [1.54, 1.807) is 6.08 Å². The molecule has 396 valence electrons. The molecule has 0 aliphatic carbocycles. The predicted octanol–water partition coefficient (Wildman–Crippen LogP) is 7.66. The van der Waals surface area contributed by atoms with E-state index in [2.05, 4.69) is 55.6 Å². The van der Waals surface area contributed by atoms with Crippen LogP contribution in [-0.4, -0.2) is 140 Å². The smallest absolute Gasteiger partial charge is 0.220 e. The highest BCUT2D eigenvalue weighted by Gasteiger charge is 2.51. The molecule has 12 unspecified atom stereocenters. The Morgan fingerprint density at radius 3 is 1.49 bits per heavy atom. The standard InChI is InChI=1S/C54H97NO13/c1-3-5-7-9-11-13-14-15-16-17-18-19-20-21-22-23-24-25-26-27-28-30-32-34-36-38-46(59)55-42(43(58)37-35-33-31-29-12-10-8-6-4-2)41-65-53-51(64)49(62)52(45(40-57)67-53)68-54-50(63)48(61)47(60)44(39-56)66-54/h14-15,17-18,20-21,35,37,42-45,47-54,56-58,60-64H,3-13,16,19,22-34,36,38-41H2,1-2H3,(H,55,59)/b15-14-,18-17-,21-20-,37-35+. The summed E-state index contributed by atoms with van der Waals surface area (Å²) >= 11 is 0. The van der Waals surface area contributed by atoms with Crippen LogP contribution < -0.4 is 5.32 Å². The van der Waals surface area contributed by atoms with Crippen molar-refractivity contribution in [2.45, 2.75) is 267 Å². The van der Waals surface area contributed by atoms with Crippen molar-refractivity contribution in [2.75, 3.05) is 19.8 Å². The molecule has 0 bridgehead atoms. The van der Waals surface area contributed by atoms with Gasteiger partial charge in [-0.15, -0.1) is 0 Å². The van der Waals surface area contributed by atoms with Gasteiger partial charge in [-0.25, -0.2) is 0 Å². The monoisotopic (exact) mass is 968 g/mol. The summed E-state index contributed by atoms with van der Waals surface area (Å²) in [7, 11) is 0. The van der Waals surface area contributed by atoms with Gasteiger partial charge in [0.2, 0.25) is 5.91 Å². The summed E-state index contributed by atoms with van der Waals surface area (Å²) in [5, 5.41) is 86.6. The summed E-state index contributed by atoms with van der Waals surface area (Å²) in [6.07, 6.45) is 31.7. The van der Waals surface area contributed by atoms with Gasteiger partial charge in [0.15, 0.2) is 12.6 Å². The Hall–Kier alpha value is -2.05. The van der Waals surface area contributed by atoms with Crippen LogP contribution in [0.2, 0.25) is 0 Å². The quantitative estimate of drug-likeness (QED) is 0.0212. The topological polar surface area (TPSA) is 228 Å². The number of hydrogen-bond donors (Lipinski definition) is 9. The second-order valence-corrected chi connectivity index (χ2v) is 19.0. The average molecular weight is 968 g/mol. The molecule has 1 amide bonds. The molecule has 2 heterocycles. The molecule has 0 aromatic rings. The van der Waals surface area contributed by atoms with Gasteiger partial charge in [0.1, 0.15) is 48.8 Å². The molecule has 2 aliphatic heterocycles. The minimum atomic E-state index is -1.79. The number of hydrogen-bond acceptors (Lipinski definition) is 13. The van der Waals surface area contributed by atoms with E-state index in [4.69, 9.17) is 18.9 Å². The van der Waals surface area contributed by atoms with Crippen LogP contribution in [0.1, 0.15) is 194 Å². The minimum Gasteiger partial charge on any atom is -0.394 e. The third kappa shape index (κ3) is 27.0. The Morgan fingerprint density at radius 1 is 0.529 bits per heavy atom. The number of amides is 1. The molecule has 0 saturated carbocycles. The first-order chi connectivity index (χ1) is 33.1. The number of allylic oxidation sites excluding steroid dienone is 7. The second-order valence-electron chi connectivity index (χ2n) is 19.0. The molecule has 0 spiro atoms. The molecule has 2 aliphatic rings. The summed E-state index contributed by atoms with van der Waals surface area (Å²) in [5.74, 6) is -0.248. The van der Waals surface area contributed by atoms with Crippen molar-refractivity contribution in [3.8, 4) is 0 Å². The molecule has 0 radical (unpaired) electrons. The lowest BCUT2D eigenvalue weighted by Gasteiger charge is -2.46. The molecule has 9 N–H and O–H groups in total. The van der Waals surface area contributed by atoms with Crippen molar-refractivity contribution in [3.05, 3.63) is 48.6 Å². The Bertz CT molecular complexity index is 1330. The molecule has 14 nitrogen and oxygen atoms in total. The Kier molecular flexibility index (Phi) is 37.0. The van der Waals surface area contributed by atoms with E-state index in [0.717, 1.165) is 64.2 Å². The second kappa shape index (κ2) is 40.5. The van der Waals surface area contributed by atoms with Gasteiger partial charge in [-0.2, -0.15) is 0 Å². The highest BCUT2D eigenvalue weighted by Crippen LogP contribution is 2.30. The van der Waals surface area contributed by atoms with Gasteiger partial charge in [-0.3, -0.25) is 4.79 Å². The van der Waals surface area contributed by atoms with Crippen molar-refractivity contribution in [3.63, 3.8) is 0 Å². The first-order valence-corrected chi connectivity index (χ1v) is 26.9. The van der Waals surface area contributed by atoms with Crippen LogP contribution in [0.3, 0.4) is 0 Å². The van der Waals surface area contributed by atoms with Crippen molar-refractivity contribution in [2.24, 2.45) is 0 Å². The summed E-state index contributed by atoms with van der Waals surface area (Å²) < 4.78 is 22.7. The van der Waals surface area contributed by atoms with E-state index in [0.29, 0.717) is 6.42 Å². The van der Waals surface area contributed by atoms with E-state index < -0.39 is 86.8 Å². The molecule has 0 aromatic carbocycles. The Balaban J connectivity index is 1.73. The van der Waals surface area contributed by atoms with Gasteiger partial charge in [-0.1, -0.05) is 178 Å². The summed E-state index contributed by atoms with van der Waals surface area (Å²) in [4.78, 5) is 13.2. The zero-order chi connectivity index (χ0) is 49.6. The van der Waals surface area contributed by atoms with Crippen molar-refractivity contribution in [1.29, 1.82) is 0 Å². The van der Waals surface area contributed by atoms with Gasteiger partial charge in [-0.05, 0) is 57.8 Å². The van der Waals surface area contributed by atoms with Gasteiger partial charge >= 0.3 is 0 Å². The SMILES string of the molecule is CCCCCCC/C=C\C/C=C\C/C=C\CCCCCCCCCCCCC(=O)NC(COC1OC(CO)C(OC2OC(CO)C(O)C(O)C2O)C(O)C1O)C(O)/C=C/CCCCCCCCC. The van der Waals surface area contributed by atoms with Gasteiger partial charge in [0, 0.05) is 6.42 Å². The molecular weight excluding hydrogens is 871 g/mol. The van der Waals surface area contributed by atoms with E-state index in [-0.39, 0.29) is 18.9 Å². The molecular formula is C54H97NO13. The maximum Gasteiger partial charge on any atom is 0.220 e. The van der Waals surface area contributed by atoms with Gasteiger partial charge < -0.3 is 65.1 Å². The number of rotatable bonds is 41. The average Bonchev–Trinajstić information content (AvgIpc) is 3.34. The fourth-order valence-corrected chi connectivity index (χ4v) is 8.59. The zero-order valence-corrected chi connectivity index (χ0v) is 42.1. The fraction of sp³-hybridized carbons (Fsp3) is 0.833. The molecule has 12 atom stereocenters. The first-order valence-electron chi connectivity index (χ1n) is 26.9. The number of nitrogens with one attached hydrogen (secondary N) is 1. The molecule has 0 aromatic heterocycles. The first kappa shape index (κ1) is 62.1. The van der Waals surface area contributed by atoms with E-state index >= 15 is 0 Å². The highest BCUT2D eigenvalue weighted by atomic mass is 16.7. The fourth-order valence-electron chi connectivity index (χ4n) is 8.59. The number of unbranched alkanes of at least 4 members (excludes halogenated alkanes) is 22. The number of aliphatic hydroxyl groups excluding tert-OH is 8. The maximum absolute atomic E-state index is 13.2. The lowest BCUT2D eigenvalue weighted by molar-refractivity contribution is -0.359. The lowest BCUT2D eigenvalue weighted by Crippen LogP contribution is -2.65. The third-order valence-electron chi connectivity index (χ3n) is 13.0. The Morgan fingerprint density at radius 2 is 0.971 bits per heavy atom. The minimum absolute atomic E-state index is 0.248. The highest BCUT2D eigenvalue weighted by molar-refractivity contribution is 5.76. The largest absolute Gasteiger partial charge is 0.394 e. The summed E-state index contributed by atoms with van der Waals surface area (Å²) in [6, 6.07) is -0.915. The number of ether oxygens (including phenoxy) is 4. The van der Waals surface area contributed by atoms with Crippen LogP contribution in [0.4, 0.5) is 0 Å². The van der Waals surface area contributed by atoms with Crippen LogP contribution in [0, 0.1) is 0 Å². The van der Waals surface area contributed by atoms with Crippen LogP contribution in [0.25, 0.3) is 0 Å². The van der Waals surface area contributed by atoms with Crippen molar-refractivity contribution >= 4 is 5.91 Å². The van der Waals surface area contributed by atoms with Crippen molar-refractivity contribution < 1.29 is 64.6 Å². The Labute approximate surface area is 410 Å². The molecule has 2 rings (SSSR count). The van der Waals surface area contributed by atoms with Crippen LogP contribution in [0.15, 0.2) is 48.6 Å². The van der Waals surface area contributed by atoms with Crippen LogP contribution >= 0.6 is 0 Å². The number of aliphatic hydroxyl groups is 8. The van der Waals surface area contributed by atoms with Crippen molar-refractivity contribution in [1.82, 2.24) is 5.32 Å². The van der Waals surface area contributed by atoms with E-state index in [1.807, 2.05) is 6.08 Å². The van der Waals surface area contributed by atoms with Crippen LogP contribution in [0.5, 0.6) is 0 Å². The van der Waals surface area contributed by atoms with Gasteiger partial charge in [0.25, 0.3) is 0 Å². The molecule has 68 heavy (non-hydrogen) atoms. The number of carbonyl (C=O) groups is 1. The predicted molar refractivity (Wildman–Crippen MR) is 267 cm³/mol. The zero-order valence-electron chi connectivity index (χ0n) is 42.1. The maximum atomic E-state index is 13.2. The molecule has 2 saturated heterocycles.